The van der Waals surface area contributed by atoms with Crippen LogP contribution in [-0.2, 0) is 17.8 Å². The number of rotatable bonds is 7. The molecule has 3 heterocycles. The number of benzene rings is 1. The van der Waals surface area contributed by atoms with Crippen molar-refractivity contribution in [1.82, 2.24) is 15.3 Å². The van der Waals surface area contributed by atoms with Gasteiger partial charge in [-0.25, -0.2) is 9.97 Å². The number of ether oxygens (including phenoxy) is 2. The van der Waals surface area contributed by atoms with Crippen molar-refractivity contribution >= 4 is 39.2 Å². The Morgan fingerprint density at radius 3 is 3.00 bits per heavy atom. The molecule has 0 saturated carbocycles. The van der Waals surface area contributed by atoms with Gasteiger partial charge in [0, 0.05) is 34.4 Å². The summed E-state index contributed by atoms with van der Waals surface area (Å²) in [6.07, 6.45) is 2.62. The summed E-state index contributed by atoms with van der Waals surface area (Å²) in [6, 6.07) is 4.03. The summed E-state index contributed by atoms with van der Waals surface area (Å²) in [4.78, 5) is 23.5. The van der Waals surface area contributed by atoms with Gasteiger partial charge in [-0.1, -0.05) is 11.8 Å². The highest BCUT2D eigenvalue weighted by Crippen LogP contribution is 2.36. The van der Waals surface area contributed by atoms with Crippen LogP contribution in [0, 0.1) is 13.8 Å². The van der Waals surface area contributed by atoms with Crippen LogP contribution in [0.4, 0.5) is 0 Å². The Kier molecular flexibility index (Phi) is 6.15. The molecule has 1 atom stereocenters. The van der Waals surface area contributed by atoms with E-state index in [-0.39, 0.29) is 12.0 Å². The van der Waals surface area contributed by atoms with Crippen LogP contribution in [0.5, 0.6) is 11.5 Å². The number of hydrogen-bond acceptors (Lipinski definition) is 7. The normalized spacial score (nSPS) is 15.1. The van der Waals surface area contributed by atoms with Crippen molar-refractivity contribution < 1.29 is 14.3 Å². The first kappa shape index (κ1) is 20.9. The van der Waals surface area contributed by atoms with Crippen LogP contribution in [-0.4, -0.2) is 34.3 Å². The van der Waals surface area contributed by atoms with E-state index in [9.17, 15) is 4.79 Å². The van der Waals surface area contributed by atoms with Crippen LogP contribution >= 0.6 is 23.1 Å². The third-order valence-corrected chi connectivity index (χ3v) is 7.23. The van der Waals surface area contributed by atoms with E-state index in [1.54, 1.807) is 17.7 Å². The second-order valence-corrected chi connectivity index (χ2v) is 9.51. The predicted molar refractivity (Wildman–Crippen MR) is 121 cm³/mol. The van der Waals surface area contributed by atoms with Crippen LogP contribution in [0.15, 0.2) is 23.5 Å². The second kappa shape index (κ2) is 8.81. The molecule has 0 bridgehead atoms. The molecular weight excluding hydrogens is 418 g/mol. The first-order valence-corrected chi connectivity index (χ1v) is 11.8. The van der Waals surface area contributed by atoms with E-state index < -0.39 is 0 Å². The lowest BCUT2D eigenvalue weighted by Crippen LogP contribution is -2.25. The monoisotopic (exact) mass is 443 g/mol. The molecule has 3 aromatic rings. The largest absolute Gasteiger partial charge is 0.494 e. The minimum atomic E-state index is -0.0476. The van der Waals surface area contributed by atoms with Gasteiger partial charge in [-0.3, -0.25) is 4.79 Å². The van der Waals surface area contributed by atoms with E-state index in [1.165, 1.54) is 22.2 Å². The van der Waals surface area contributed by atoms with Gasteiger partial charge in [0.05, 0.1) is 12.4 Å². The zero-order valence-electron chi connectivity index (χ0n) is 17.6. The molecule has 1 aromatic carbocycles. The number of nitrogens with one attached hydrogen (secondary N) is 1. The first-order chi connectivity index (χ1) is 14.5. The zero-order valence-corrected chi connectivity index (χ0v) is 19.2. The summed E-state index contributed by atoms with van der Waals surface area (Å²) in [5.41, 5.74) is 3.27. The van der Waals surface area contributed by atoms with Crippen molar-refractivity contribution in [2.75, 3.05) is 12.4 Å². The number of fused-ring (bicyclic) bond motifs is 2. The molecule has 1 aliphatic heterocycles. The number of thioether (sulfide) groups is 1. The fraction of sp³-hybridized carbons (Fsp3) is 0.409. The van der Waals surface area contributed by atoms with E-state index in [0.717, 1.165) is 44.3 Å². The van der Waals surface area contributed by atoms with Crippen molar-refractivity contribution in [3.8, 4) is 11.5 Å². The van der Waals surface area contributed by atoms with Crippen molar-refractivity contribution in [3.05, 3.63) is 40.0 Å². The average molecular weight is 444 g/mol. The maximum Gasteiger partial charge on any atom is 0.230 e. The van der Waals surface area contributed by atoms with Gasteiger partial charge in [-0.2, -0.15) is 0 Å². The van der Waals surface area contributed by atoms with Crippen molar-refractivity contribution in [3.63, 3.8) is 0 Å². The lowest BCUT2D eigenvalue weighted by Gasteiger charge is -2.13. The Morgan fingerprint density at radius 1 is 1.37 bits per heavy atom. The van der Waals surface area contributed by atoms with Crippen molar-refractivity contribution in [1.29, 1.82) is 0 Å². The van der Waals surface area contributed by atoms with Gasteiger partial charge in [0.25, 0.3) is 0 Å². The fourth-order valence-corrected chi connectivity index (χ4v) is 5.49. The highest BCUT2D eigenvalue weighted by atomic mass is 32.2. The molecule has 1 unspecified atom stereocenters. The first-order valence-electron chi connectivity index (χ1n) is 10.0. The number of amides is 1. The van der Waals surface area contributed by atoms with Gasteiger partial charge in [-0.15, -0.1) is 11.3 Å². The van der Waals surface area contributed by atoms with E-state index in [2.05, 4.69) is 36.1 Å². The predicted octanol–water partition coefficient (Wildman–Crippen LogP) is 4.44. The van der Waals surface area contributed by atoms with Crippen molar-refractivity contribution in [2.24, 2.45) is 0 Å². The zero-order chi connectivity index (χ0) is 21.3. The molecule has 30 heavy (non-hydrogen) atoms. The molecule has 6 nitrogen and oxygen atoms in total. The maximum atomic E-state index is 12.5. The summed E-state index contributed by atoms with van der Waals surface area (Å²) >= 11 is 3.10. The van der Waals surface area contributed by atoms with E-state index >= 15 is 0 Å². The SMILES string of the molecule is CCOc1cc2c(cc1CNC(=O)CSc1ncnc3sc(C)c(C)c13)OC(C)C2. The molecule has 0 spiro atoms. The van der Waals surface area contributed by atoms with Crippen LogP contribution in [0.25, 0.3) is 10.2 Å². The molecule has 158 valence electrons. The number of hydrogen-bond donors (Lipinski definition) is 1. The number of aryl methyl sites for hydroxylation is 2. The van der Waals surface area contributed by atoms with E-state index in [4.69, 9.17) is 9.47 Å². The van der Waals surface area contributed by atoms with Crippen LogP contribution in [0.2, 0.25) is 0 Å². The lowest BCUT2D eigenvalue weighted by atomic mass is 10.1. The fourth-order valence-electron chi connectivity index (χ4n) is 3.55. The Hall–Kier alpha value is -2.32. The number of nitrogens with zero attached hydrogens (tertiary/aromatic N) is 2. The third kappa shape index (κ3) is 4.25. The molecular formula is C22H25N3O3S2. The molecule has 1 amide bonds. The number of carbonyl (C=O) groups is 1. The molecule has 1 aliphatic rings. The van der Waals surface area contributed by atoms with Crippen LogP contribution < -0.4 is 14.8 Å². The van der Waals surface area contributed by atoms with Crippen molar-refractivity contribution in [2.45, 2.75) is 51.8 Å². The summed E-state index contributed by atoms with van der Waals surface area (Å²) in [5.74, 6) is 1.94. The molecule has 8 heteroatoms. The Labute approximate surface area is 184 Å². The van der Waals surface area contributed by atoms with Gasteiger partial charge in [-0.05, 0) is 45.4 Å². The topological polar surface area (TPSA) is 73.3 Å². The molecule has 0 radical (unpaired) electrons. The Balaban J connectivity index is 1.42. The van der Waals surface area contributed by atoms with E-state index in [0.29, 0.717) is 18.9 Å². The van der Waals surface area contributed by atoms with Gasteiger partial charge in [0.1, 0.15) is 33.8 Å². The number of thiophene rings is 1. The molecule has 2 aromatic heterocycles. The summed E-state index contributed by atoms with van der Waals surface area (Å²) in [6.45, 7) is 9.15. The minimum Gasteiger partial charge on any atom is -0.494 e. The summed E-state index contributed by atoms with van der Waals surface area (Å²) in [7, 11) is 0. The highest BCUT2D eigenvalue weighted by Gasteiger charge is 2.22. The highest BCUT2D eigenvalue weighted by molar-refractivity contribution is 8.00. The molecule has 0 fully saturated rings. The van der Waals surface area contributed by atoms with Gasteiger partial charge < -0.3 is 14.8 Å². The maximum absolute atomic E-state index is 12.5. The Bertz CT molecular complexity index is 1100. The minimum absolute atomic E-state index is 0.0476. The quantitative estimate of drug-likeness (QED) is 0.430. The average Bonchev–Trinajstić information content (AvgIpc) is 3.22. The number of aromatic nitrogens is 2. The van der Waals surface area contributed by atoms with Gasteiger partial charge in [0.15, 0.2) is 0 Å². The summed E-state index contributed by atoms with van der Waals surface area (Å²) in [5, 5.41) is 4.91. The van der Waals surface area contributed by atoms with Gasteiger partial charge in [0.2, 0.25) is 5.91 Å². The second-order valence-electron chi connectivity index (χ2n) is 7.34. The standard InChI is InChI=1S/C22H25N3O3S2/c1-5-27-17-7-15-6-12(2)28-18(15)8-16(17)9-23-19(26)10-29-21-20-13(3)14(4)30-22(20)25-11-24-21/h7-8,11-12H,5-6,9-10H2,1-4H3,(H,23,26). The van der Waals surface area contributed by atoms with Crippen LogP contribution in [0.1, 0.15) is 35.4 Å². The third-order valence-electron chi connectivity index (χ3n) is 5.13. The molecule has 0 aliphatic carbocycles. The molecule has 1 N–H and O–H groups in total. The van der Waals surface area contributed by atoms with Crippen LogP contribution in [0.3, 0.4) is 0 Å². The summed E-state index contributed by atoms with van der Waals surface area (Å²) < 4.78 is 11.7. The smallest absolute Gasteiger partial charge is 0.230 e. The van der Waals surface area contributed by atoms with Gasteiger partial charge >= 0.3 is 0 Å². The molecule has 4 rings (SSSR count). The Morgan fingerprint density at radius 2 is 2.20 bits per heavy atom. The molecule has 0 saturated heterocycles. The number of carbonyl (C=O) groups excluding carboxylic acids is 1. The lowest BCUT2D eigenvalue weighted by molar-refractivity contribution is -0.118. The van der Waals surface area contributed by atoms with E-state index in [1.807, 2.05) is 19.1 Å².